The quantitative estimate of drug-likeness (QED) is 0.227. The number of aliphatic hydroxyl groups excluding tert-OH is 1. The van der Waals surface area contributed by atoms with Crippen LogP contribution in [0.5, 0.6) is 5.88 Å². The molecular formula is C26H44N2O4. The predicted molar refractivity (Wildman–Crippen MR) is 129 cm³/mol. The summed E-state index contributed by atoms with van der Waals surface area (Å²) in [4.78, 5) is 16.5. The van der Waals surface area contributed by atoms with E-state index in [1.165, 1.54) is 75.2 Å². The topological polar surface area (TPSA) is 73.6 Å². The fourth-order valence-corrected chi connectivity index (χ4v) is 4.24. The molecule has 6 nitrogen and oxygen atoms in total. The molecule has 0 amide bonds. The minimum Gasteiger partial charge on any atom is -0.444 e. The zero-order chi connectivity index (χ0) is 23.2. The third kappa shape index (κ3) is 9.45. The third-order valence-corrected chi connectivity index (χ3v) is 6.24. The van der Waals surface area contributed by atoms with E-state index < -0.39 is 5.69 Å². The Balaban J connectivity index is 1.60. The van der Waals surface area contributed by atoms with Gasteiger partial charge in [0.2, 0.25) is 5.88 Å². The van der Waals surface area contributed by atoms with Crippen LogP contribution in [0.3, 0.4) is 0 Å². The summed E-state index contributed by atoms with van der Waals surface area (Å²) in [6.07, 6.45) is 19.1. The number of aliphatic hydroxyl groups is 1. The Morgan fingerprint density at radius 3 is 2.25 bits per heavy atom. The van der Waals surface area contributed by atoms with Gasteiger partial charge in [-0.1, -0.05) is 84.1 Å². The van der Waals surface area contributed by atoms with Crippen molar-refractivity contribution in [1.29, 1.82) is 0 Å². The van der Waals surface area contributed by atoms with Crippen molar-refractivity contribution in [2.45, 2.75) is 122 Å². The van der Waals surface area contributed by atoms with E-state index in [1.807, 2.05) is 6.92 Å². The van der Waals surface area contributed by atoms with Crippen LogP contribution in [-0.4, -0.2) is 27.4 Å². The van der Waals surface area contributed by atoms with Crippen LogP contribution in [-0.2, 0) is 4.74 Å². The van der Waals surface area contributed by atoms with E-state index in [0.717, 1.165) is 24.8 Å². The molecule has 2 rings (SSSR count). The van der Waals surface area contributed by atoms with E-state index in [2.05, 4.69) is 18.5 Å². The van der Waals surface area contributed by atoms with Crippen LogP contribution >= 0.6 is 0 Å². The van der Waals surface area contributed by atoms with Gasteiger partial charge < -0.3 is 14.6 Å². The average molecular weight is 449 g/mol. The van der Waals surface area contributed by atoms with Gasteiger partial charge in [0, 0.05) is 18.2 Å². The highest BCUT2D eigenvalue weighted by atomic mass is 16.5. The molecule has 1 fully saturated rings. The normalized spacial score (nSPS) is 18.2. The Morgan fingerprint density at radius 2 is 1.69 bits per heavy atom. The van der Waals surface area contributed by atoms with Gasteiger partial charge in [-0.15, -0.1) is 0 Å². The maximum absolute atomic E-state index is 12.4. The number of unbranched alkanes of at least 4 members (excludes halogenated alkanes) is 11. The van der Waals surface area contributed by atoms with Crippen LogP contribution in [0.4, 0.5) is 0 Å². The minimum absolute atomic E-state index is 0.0300. The van der Waals surface area contributed by atoms with Gasteiger partial charge in [-0.05, 0) is 26.2 Å². The first-order valence-corrected chi connectivity index (χ1v) is 12.8. The van der Waals surface area contributed by atoms with E-state index in [1.54, 1.807) is 6.20 Å². The van der Waals surface area contributed by atoms with E-state index in [9.17, 15) is 9.90 Å². The Labute approximate surface area is 194 Å². The second kappa shape index (κ2) is 15.2. The van der Waals surface area contributed by atoms with E-state index in [4.69, 9.17) is 9.47 Å². The summed E-state index contributed by atoms with van der Waals surface area (Å²) in [5.41, 5.74) is 0.379. The summed E-state index contributed by atoms with van der Waals surface area (Å²) in [7, 11) is 0. The molecule has 0 radical (unpaired) electrons. The molecule has 32 heavy (non-hydrogen) atoms. The molecule has 1 saturated heterocycles. The number of ether oxygens (including phenoxy) is 2. The van der Waals surface area contributed by atoms with Crippen LogP contribution in [0.25, 0.3) is 0 Å². The Kier molecular flexibility index (Phi) is 12.7. The van der Waals surface area contributed by atoms with Crippen molar-refractivity contribution in [1.82, 2.24) is 9.55 Å². The molecule has 0 saturated carbocycles. The number of nitrogens with zero attached hydrogens (tertiary/aromatic N) is 2. The molecule has 0 spiro atoms. The fraction of sp³-hybridized carbons (Fsp3) is 0.769. The summed E-state index contributed by atoms with van der Waals surface area (Å²) in [6.45, 7) is 8.11. The zero-order valence-electron chi connectivity index (χ0n) is 20.3. The van der Waals surface area contributed by atoms with Crippen LogP contribution in [0.1, 0.15) is 115 Å². The lowest BCUT2D eigenvalue weighted by atomic mass is 10.0. The van der Waals surface area contributed by atoms with Gasteiger partial charge >= 0.3 is 5.69 Å². The summed E-state index contributed by atoms with van der Waals surface area (Å²) < 4.78 is 13.0. The molecule has 0 aliphatic carbocycles. The van der Waals surface area contributed by atoms with E-state index in [0.29, 0.717) is 18.1 Å². The Hall–Kier alpha value is -1.66. The maximum atomic E-state index is 12.4. The molecule has 1 aromatic heterocycles. The molecular weight excluding hydrogens is 404 g/mol. The molecule has 182 valence electrons. The monoisotopic (exact) mass is 448 g/mol. The largest absolute Gasteiger partial charge is 0.444 e. The van der Waals surface area contributed by atoms with Gasteiger partial charge in [0.1, 0.15) is 6.23 Å². The van der Waals surface area contributed by atoms with E-state index in [-0.39, 0.29) is 18.9 Å². The van der Waals surface area contributed by atoms with Crippen molar-refractivity contribution in [3.8, 4) is 5.88 Å². The van der Waals surface area contributed by atoms with Crippen molar-refractivity contribution in [2.75, 3.05) is 6.61 Å². The second-order valence-electron chi connectivity index (χ2n) is 9.17. The molecule has 2 unspecified atom stereocenters. The van der Waals surface area contributed by atoms with Crippen molar-refractivity contribution in [3.63, 3.8) is 0 Å². The summed E-state index contributed by atoms with van der Waals surface area (Å²) in [6, 6.07) is 0. The molecule has 6 heteroatoms. The zero-order valence-corrected chi connectivity index (χ0v) is 20.3. The highest BCUT2D eigenvalue weighted by Crippen LogP contribution is 2.28. The fourth-order valence-electron chi connectivity index (χ4n) is 4.24. The van der Waals surface area contributed by atoms with Crippen LogP contribution in [0.2, 0.25) is 0 Å². The lowest BCUT2D eigenvalue weighted by Gasteiger charge is -2.17. The van der Waals surface area contributed by atoms with Gasteiger partial charge in [0.15, 0.2) is 0 Å². The van der Waals surface area contributed by atoms with Crippen molar-refractivity contribution in [3.05, 3.63) is 34.6 Å². The molecule has 1 aliphatic rings. The number of hydrogen-bond donors (Lipinski definition) is 1. The molecule has 1 N–H and O–H groups in total. The van der Waals surface area contributed by atoms with Crippen molar-refractivity contribution >= 4 is 0 Å². The number of allylic oxidation sites excluding steroid dienone is 1. The van der Waals surface area contributed by atoms with Crippen LogP contribution < -0.4 is 10.4 Å². The number of rotatable bonds is 17. The lowest BCUT2D eigenvalue weighted by molar-refractivity contribution is -0.0247. The number of aryl methyl sites for hydroxylation is 1. The Bertz CT molecular complexity index is 731. The molecule has 2 atom stereocenters. The maximum Gasteiger partial charge on any atom is 0.353 e. The number of hydrogen-bond acceptors (Lipinski definition) is 5. The van der Waals surface area contributed by atoms with Crippen molar-refractivity contribution in [2.24, 2.45) is 0 Å². The summed E-state index contributed by atoms with van der Waals surface area (Å²) >= 11 is 0. The minimum atomic E-state index is -0.396. The average Bonchev–Trinajstić information content (AvgIpc) is 3.26. The lowest BCUT2D eigenvalue weighted by Crippen LogP contribution is -2.28. The standard InChI is InChI=1S/C26H44N2O4/c1-4-5-6-7-8-9-10-11-12-13-14-15-16-22(3)31-25-21(2)19-28(26(30)27-25)24-18-17-23(20-29)32-24/h19,23-24,29H,3-18,20H2,1-2H3. The second-order valence-corrected chi connectivity index (χ2v) is 9.17. The molecule has 2 heterocycles. The van der Waals surface area contributed by atoms with E-state index >= 15 is 0 Å². The third-order valence-electron chi connectivity index (χ3n) is 6.24. The van der Waals surface area contributed by atoms with Gasteiger partial charge in [0.05, 0.1) is 18.5 Å². The predicted octanol–water partition coefficient (Wildman–Crippen LogP) is 6.21. The van der Waals surface area contributed by atoms with Gasteiger partial charge in [-0.2, -0.15) is 4.98 Å². The van der Waals surface area contributed by atoms with Gasteiger partial charge in [-0.25, -0.2) is 4.79 Å². The highest BCUT2D eigenvalue weighted by Gasteiger charge is 2.27. The van der Waals surface area contributed by atoms with Crippen molar-refractivity contribution < 1.29 is 14.6 Å². The summed E-state index contributed by atoms with van der Waals surface area (Å²) in [5, 5.41) is 9.23. The first kappa shape index (κ1) is 26.6. The van der Waals surface area contributed by atoms with Crippen LogP contribution in [0.15, 0.2) is 23.3 Å². The summed E-state index contributed by atoms with van der Waals surface area (Å²) in [5.74, 6) is 0.981. The van der Waals surface area contributed by atoms with Crippen LogP contribution in [0, 0.1) is 6.92 Å². The molecule has 0 bridgehead atoms. The Morgan fingerprint density at radius 1 is 1.09 bits per heavy atom. The molecule has 1 aliphatic heterocycles. The first-order valence-electron chi connectivity index (χ1n) is 12.8. The van der Waals surface area contributed by atoms with Gasteiger partial charge in [0.25, 0.3) is 0 Å². The first-order chi connectivity index (χ1) is 15.5. The molecule has 1 aromatic rings. The highest BCUT2D eigenvalue weighted by molar-refractivity contribution is 5.22. The SMILES string of the molecule is C=C(CCCCCCCCCCCCCC)Oc1nc(=O)n(C2CCC(CO)O2)cc1C. The number of aromatic nitrogens is 2. The smallest absolute Gasteiger partial charge is 0.353 e. The molecule has 0 aromatic carbocycles. The van der Waals surface area contributed by atoms with Gasteiger partial charge in [-0.3, -0.25) is 4.57 Å².